The molecular formula is C13H17N3O3. The van der Waals surface area contributed by atoms with Crippen molar-refractivity contribution in [3.8, 4) is 0 Å². The van der Waals surface area contributed by atoms with Crippen molar-refractivity contribution in [3.63, 3.8) is 0 Å². The second-order valence-corrected chi connectivity index (χ2v) is 5.33. The van der Waals surface area contributed by atoms with Crippen LogP contribution in [0.1, 0.15) is 12.8 Å². The van der Waals surface area contributed by atoms with Gasteiger partial charge in [0.1, 0.15) is 11.4 Å². The fourth-order valence-corrected chi connectivity index (χ4v) is 2.46. The van der Waals surface area contributed by atoms with Gasteiger partial charge in [0.15, 0.2) is 0 Å². The van der Waals surface area contributed by atoms with Crippen LogP contribution in [0, 0.1) is 5.92 Å². The summed E-state index contributed by atoms with van der Waals surface area (Å²) in [5.41, 5.74) is 0.221. The maximum Gasteiger partial charge on any atom is 0.253 e. The Morgan fingerprint density at radius 2 is 1.79 bits per heavy atom. The van der Waals surface area contributed by atoms with Gasteiger partial charge in [-0.15, -0.1) is 0 Å². The number of hydrogen-bond donors (Lipinski definition) is 1. The third kappa shape index (κ3) is 2.22. The van der Waals surface area contributed by atoms with Crippen molar-refractivity contribution in [2.24, 2.45) is 5.92 Å². The predicted octanol–water partition coefficient (Wildman–Crippen LogP) is -0.617. The Labute approximate surface area is 110 Å². The minimum atomic E-state index is -0.395. The fraction of sp³-hybridized carbons (Fsp3) is 0.615. The maximum absolute atomic E-state index is 11.7. The summed E-state index contributed by atoms with van der Waals surface area (Å²) in [5.74, 6) is 0.657. The summed E-state index contributed by atoms with van der Waals surface area (Å²) in [7, 11) is 0. The summed E-state index contributed by atoms with van der Waals surface area (Å²) < 4.78 is 0. The van der Waals surface area contributed by atoms with Crippen molar-refractivity contribution in [2.75, 3.05) is 42.9 Å². The smallest absolute Gasteiger partial charge is 0.253 e. The third-order valence-electron chi connectivity index (χ3n) is 3.93. The molecule has 0 spiro atoms. The van der Waals surface area contributed by atoms with Crippen LogP contribution in [0.15, 0.2) is 9.59 Å². The molecule has 0 unspecified atom stereocenters. The van der Waals surface area contributed by atoms with Crippen LogP contribution in [-0.4, -0.2) is 44.0 Å². The first-order chi connectivity index (χ1) is 9.20. The van der Waals surface area contributed by atoms with Crippen LogP contribution < -0.4 is 21.1 Å². The minimum Gasteiger partial charge on any atom is -0.380 e. The van der Waals surface area contributed by atoms with Gasteiger partial charge in [-0.05, 0) is 18.8 Å². The zero-order valence-corrected chi connectivity index (χ0v) is 10.7. The monoisotopic (exact) mass is 263 g/mol. The Kier molecular flexibility index (Phi) is 3.00. The number of nitrogens with one attached hydrogen (secondary N) is 1. The Hall–Kier alpha value is -1.85. The molecule has 1 aliphatic heterocycles. The standard InChI is InChI=1S/C13H17N3O3/c17-8-15-3-5-16(6-4-15)11-10(12(18)13(11)19)14-7-9-1-2-9/h8-9,14H,1-7H2. The van der Waals surface area contributed by atoms with Gasteiger partial charge in [0.2, 0.25) is 6.41 Å². The summed E-state index contributed by atoms with van der Waals surface area (Å²) in [6, 6.07) is 0. The van der Waals surface area contributed by atoms with E-state index in [2.05, 4.69) is 5.32 Å². The molecular weight excluding hydrogens is 246 g/mol. The fourth-order valence-electron chi connectivity index (χ4n) is 2.46. The molecule has 0 atom stereocenters. The Bertz CT molecular complexity index is 550. The molecule has 1 N–H and O–H groups in total. The maximum atomic E-state index is 11.7. The molecule has 0 aromatic heterocycles. The van der Waals surface area contributed by atoms with Crippen LogP contribution in [0.25, 0.3) is 0 Å². The van der Waals surface area contributed by atoms with E-state index in [0.717, 1.165) is 13.0 Å². The van der Waals surface area contributed by atoms with Crippen LogP contribution in [-0.2, 0) is 4.79 Å². The number of nitrogens with zero attached hydrogens (tertiary/aromatic N) is 2. The Morgan fingerprint density at radius 3 is 2.37 bits per heavy atom. The molecule has 1 aliphatic carbocycles. The van der Waals surface area contributed by atoms with Crippen molar-refractivity contribution in [1.82, 2.24) is 4.90 Å². The van der Waals surface area contributed by atoms with Crippen molar-refractivity contribution in [1.29, 1.82) is 0 Å². The number of rotatable bonds is 5. The summed E-state index contributed by atoms with van der Waals surface area (Å²) in [6.45, 7) is 3.21. The summed E-state index contributed by atoms with van der Waals surface area (Å²) in [6.07, 6.45) is 3.23. The summed E-state index contributed by atoms with van der Waals surface area (Å²) >= 11 is 0. The Morgan fingerprint density at radius 1 is 1.11 bits per heavy atom. The minimum absolute atomic E-state index is 0.391. The van der Waals surface area contributed by atoms with E-state index in [1.807, 2.05) is 4.90 Å². The number of carbonyl (C=O) groups excluding carboxylic acids is 1. The second kappa shape index (κ2) is 4.68. The third-order valence-corrected chi connectivity index (χ3v) is 3.93. The van der Waals surface area contributed by atoms with E-state index >= 15 is 0 Å². The molecule has 1 amide bonds. The normalized spacial score (nSPS) is 19.8. The van der Waals surface area contributed by atoms with Crippen LogP contribution >= 0.6 is 0 Å². The Balaban J connectivity index is 1.69. The zero-order chi connectivity index (χ0) is 13.4. The topological polar surface area (TPSA) is 69.7 Å². The molecule has 1 aromatic carbocycles. The van der Waals surface area contributed by atoms with Gasteiger partial charge < -0.3 is 15.1 Å². The lowest BCUT2D eigenvalue weighted by Crippen LogP contribution is -2.51. The number of anilines is 2. The molecule has 1 aromatic rings. The molecule has 1 saturated heterocycles. The van der Waals surface area contributed by atoms with Crippen molar-refractivity contribution in [2.45, 2.75) is 12.8 Å². The SMILES string of the molecule is O=CN1CCN(c2c(NCC3CC3)c(=O)c2=O)CC1. The average Bonchev–Trinajstić information content (AvgIpc) is 3.27. The van der Waals surface area contributed by atoms with E-state index in [-0.39, 0.29) is 0 Å². The van der Waals surface area contributed by atoms with Gasteiger partial charge in [0, 0.05) is 32.7 Å². The molecule has 6 heteroatoms. The highest BCUT2D eigenvalue weighted by Gasteiger charge is 2.29. The first-order valence-corrected chi connectivity index (χ1v) is 6.72. The molecule has 2 aliphatic rings. The summed E-state index contributed by atoms with van der Waals surface area (Å²) in [4.78, 5) is 37.6. The predicted molar refractivity (Wildman–Crippen MR) is 72.4 cm³/mol. The lowest BCUT2D eigenvalue weighted by Gasteiger charge is -2.35. The van der Waals surface area contributed by atoms with Gasteiger partial charge in [-0.3, -0.25) is 14.4 Å². The van der Waals surface area contributed by atoms with Crippen LogP contribution in [0.5, 0.6) is 0 Å². The van der Waals surface area contributed by atoms with Crippen molar-refractivity contribution < 1.29 is 4.79 Å². The van der Waals surface area contributed by atoms with Gasteiger partial charge in [0.25, 0.3) is 10.9 Å². The highest BCUT2D eigenvalue weighted by molar-refractivity contribution is 5.75. The molecule has 1 saturated carbocycles. The van der Waals surface area contributed by atoms with Crippen molar-refractivity contribution >= 4 is 17.8 Å². The van der Waals surface area contributed by atoms with E-state index in [0.29, 0.717) is 43.5 Å². The lowest BCUT2D eigenvalue weighted by molar-refractivity contribution is -0.118. The van der Waals surface area contributed by atoms with Gasteiger partial charge in [0.05, 0.1) is 0 Å². The molecule has 0 radical (unpaired) electrons. The van der Waals surface area contributed by atoms with Gasteiger partial charge in [-0.1, -0.05) is 0 Å². The number of piperazine rings is 1. The summed E-state index contributed by atoms with van der Waals surface area (Å²) in [5, 5.41) is 3.12. The first kappa shape index (κ1) is 12.2. The largest absolute Gasteiger partial charge is 0.380 e. The van der Waals surface area contributed by atoms with Crippen LogP contribution in [0.2, 0.25) is 0 Å². The average molecular weight is 263 g/mol. The number of carbonyl (C=O) groups is 1. The highest BCUT2D eigenvalue weighted by atomic mass is 16.2. The lowest BCUT2D eigenvalue weighted by atomic mass is 10.1. The van der Waals surface area contributed by atoms with E-state index in [4.69, 9.17) is 0 Å². The van der Waals surface area contributed by atoms with Gasteiger partial charge >= 0.3 is 0 Å². The molecule has 2 fully saturated rings. The van der Waals surface area contributed by atoms with E-state index < -0.39 is 10.9 Å². The zero-order valence-electron chi connectivity index (χ0n) is 10.7. The molecule has 102 valence electrons. The van der Waals surface area contributed by atoms with E-state index in [9.17, 15) is 14.4 Å². The van der Waals surface area contributed by atoms with Gasteiger partial charge in [-0.2, -0.15) is 0 Å². The van der Waals surface area contributed by atoms with Crippen LogP contribution in [0.3, 0.4) is 0 Å². The molecule has 3 rings (SSSR count). The molecule has 1 heterocycles. The highest BCUT2D eigenvalue weighted by Crippen LogP contribution is 2.30. The number of amides is 1. The van der Waals surface area contributed by atoms with Crippen molar-refractivity contribution in [3.05, 3.63) is 20.4 Å². The van der Waals surface area contributed by atoms with E-state index in [1.165, 1.54) is 12.8 Å². The molecule has 0 bridgehead atoms. The van der Waals surface area contributed by atoms with Crippen LogP contribution in [0.4, 0.5) is 11.4 Å². The first-order valence-electron chi connectivity index (χ1n) is 6.72. The van der Waals surface area contributed by atoms with E-state index in [1.54, 1.807) is 4.90 Å². The van der Waals surface area contributed by atoms with Gasteiger partial charge in [-0.25, -0.2) is 0 Å². The molecule has 19 heavy (non-hydrogen) atoms. The second-order valence-electron chi connectivity index (χ2n) is 5.33. The number of hydrogen-bond acceptors (Lipinski definition) is 5. The molecule has 6 nitrogen and oxygen atoms in total. The quantitative estimate of drug-likeness (QED) is 0.566.